The van der Waals surface area contributed by atoms with Crippen molar-refractivity contribution in [3.05, 3.63) is 94.6 Å². The second-order valence-corrected chi connectivity index (χ2v) is 8.00. The number of hydrogen-bond donors (Lipinski definition) is 1. The van der Waals surface area contributed by atoms with Gasteiger partial charge in [-0.25, -0.2) is 4.98 Å². The summed E-state index contributed by atoms with van der Waals surface area (Å²) in [7, 11) is 0. The Labute approximate surface area is 190 Å². The quantitative estimate of drug-likeness (QED) is 0.376. The highest BCUT2D eigenvalue weighted by atomic mass is 16.3. The Bertz CT molecular complexity index is 1490. The van der Waals surface area contributed by atoms with E-state index in [0.717, 1.165) is 22.4 Å². The van der Waals surface area contributed by atoms with Crippen molar-refractivity contribution in [2.24, 2.45) is 0 Å². The van der Waals surface area contributed by atoms with Crippen molar-refractivity contribution in [2.75, 3.05) is 5.32 Å². The van der Waals surface area contributed by atoms with Crippen LogP contribution in [0.3, 0.4) is 0 Å². The average molecular weight is 438 g/mol. The molecule has 0 bridgehead atoms. The van der Waals surface area contributed by atoms with Gasteiger partial charge < -0.3 is 14.2 Å². The van der Waals surface area contributed by atoms with E-state index in [4.69, 9.17) is 8.83 Å². The summed E-state index contributed by atoms with van der Waals surface area (Å²) in [4.78, 5) is 26.2. The number of oxazole rings is 1. The van der Waals surface area contributed by atoms with E-state index in [0.29, 0.717) is 33.7 Å². The number of aryl methyl sites for hydroxylation is 1. The zero-order valence-electron chi connectivity index (χ0n) is 18.5. The number of rotatable bonds is 5. The fourth-order valence-electron chi connectivity index (χ4n) is 4.03. The molecule has 5 aromatic rings. The first-order chi connectivity index (χ1) is 16.0. The number of pyridine rings is 2. The van der Waals surface area contributed by atoms with Crippen LogP contribution in [0.15, 0.2) is 81.3 Å². The van der Waals surface area contributed by atoms with Crippen LogP contribution in [0.1, 0.15) is 29.7 Å². The molecule has 1 atom stereocenters. The lowest BCUT2D eigenvalue weighted by molar-refractivity contribution is 0.558. The fraction of sp³-hybridized carbons (Fsp3) is 0.154. The van der Waals surface area contributed by atoms with Crippen LogP contribution >= 0.6 is 0 Å². The Morgan fingerprint density at radius 2 is 1.91 bits per heavy atom. The van der Waals surface area contributed by atoms with Gasteiger partial charge in [0, 0.05) is 35.3 Å². The van der Waals surface area contributed by atoms with Crippen LogP contribution in [0.4, 0.5) is 5.69 Å². The summed E-state index contributed by atoms with van der Waals surface area (Å²) in [5.41, 5.74) is 5.82. The number of aromatic nitrogens is 3. The normalized spacial score (nSPS) is 12.1. The number of benzene rings is 1. The Balaban J connectivity index is 1.64. The van der Waals surface area contributed by atoms with E-state index >= 15 is 0 Å². The molecule has 0 aliphatic rings. The summed E-state index contributed by atoms with van der Waals surface area (Å²) >= 11 is 0. The second-order valence-electron chi connectivity index (χ2n) is 8.00. The molecule has 0 saturated carbocycles. The van der Waals surface area contributed by atoms with Gasteiger partial charge in [0.2, 0.25) is 0 Å². The minimum absolute atomic E-state index is 0.0445. The summed E-state index contributed by atoms with van der Waals surface area (Å²) < 4.78 is 11.5. The van der Waals surface area contributed by atoms with Crippen LogP contribution in [0, 0.1) is 13.8 Å². The summed E-state index contributed by atoms with van der Waals surface area (Å²) in [6, 6.07) is 11.2. The summed E-state index contributed by atoms with van der Waals surface area (Å²) in [6.45, 7) is 5.79. The Morgan fingerprint density at radius 1 is 1.06 bits per heavy atom. The monoisotopic (exact) mass is 438 g/mol. The van der Waals surface area contributed by atoms with Crippen molar-refractivity contribution in [3.8, 4) is 22.7 Å². The maximum absolute atomic E-state index is 13.3. The van der Waals surface area contributed by atoms with Gasteiger partial charge in [-0.3, -0.25) is 14.8 Å². The molecule has 4 heterocycles. The van der Waals surface area contributed by atoms with Gasteiger partial charge in [-0.1, -0.05) is 6.07 Å². The van der Waals surface area contributed by atoms with Crippen molar-refractivity contribution < 1.29 is 8.83 Å². The van der Waals surface area contributed by atoms with Crippen LogP contribution in [0.25, 0.3) is 33.7 Å². The predicted molar refractivity (Wildman–Crippen MR) is 127 cm³/mol. The average Bonchev–Trinajstić information content (AvgIpc) is 3.37. The fourth-order valence-corrected chi connectivity index (χ4v) is 4.03. The number of nitrogens with zero attached hydrogens (tertiary/aromatic N) is 3. The molecule has 0 aliphatic carbocycles. The maximum atomic E-state index is 13.3. The number of anilines is 1. The molecular weight excluding hydrogens is 416 g/mol. The third-order valence-corrected chi connectivity index (χ3v) is 5.64. The Kier molecular flexibility index (Phi) is 5.22. The molecule has 0 saturated heterocycles. The van der Waals surface area contributed by atoms with Crippen LogP contribution in [0.5, 0.6) is 0 Å². The van der Waals surface area contributed by atoms with Crippen molar-refractivity contribution in [3.63, 3.8) is 0 Å². The lowest BCUT2D eigenvalue weighted by atomic mass is 9.99. The van der Waals surface area contributed by atoms with E-state index in [1.165, 1.54) is 6.39 Å². The standard InChI is InChI=1S/C26H22N4O3/c1-15-10-19(17(3)30-21-7-5-9-28-23(21)22-13-32-14-29-22)26-20(11-15)24(31)16(2)25(33-26)18-6-4-8-27-12-18/h4-14,17,30H,1-3H3/t17-/m1/s1. The zero-order chi connectivity index (χ0) is 22.9. The molecule has 0 amide bonds. The van der Waals surface area contributed by atoms with Gasteiger partial charge in [-0.2, -0.15) is 0 Å². The number of fused-ring (bicyclic) bond motifs is 1. The Morgan fingerprint density at radius 3 is 2.67 bits per heavy atom. The van der Waals surface area contributed by atoms with Crippen molar-refractivity contribution in [1.82, 2.24) is 15.0 Å². The zero-order valence-corrected chi connectivity index (χ0v) is 18.5. The van der Waals surface area contributed by atoms with Gasteiger partial charge >= 0.3 is 0 Å². The predicted octanol–water partition coefficient (Wildman–Crippen LogP) is 5.69. The van der Waals surface area contributed by atoms with Crippen molar-refractivity contribution >= 4 is 16.7 Å². The highest BCUT2D eigenvalue weighted by molar-refractivity contribution is 5.85. The minimum Gasteiger partial charge on any atom is -0.455 e. The summed E-state index contributed by atoms with van der Waals surface area (Å²) in [6.07, 6.45) is 8.04. The molecule has 0 aliphatic heterocycles. The molecule has 0 unspecified atom stereocenters. The molecule has 164 valence electrons. The van der Waals surface area contributed by atoms with E-state index in [2.05, 4.69) is 20.3 Å². The molecular formula is C26H22N4O3. The largest absolute Gasteiger partial charge is 0.455 e. The van der Waals surface area contributed by atoms with Crippen LogP contribution in [0.2, 0.25) is 0 Å². The topological polar surface area (TPSA) is 94.1 Å². The molecule has 4 aromatic heterocycles. The molecule has 33 heavy (non-hydrogen) atoms. The third kappa shape index (κ3) is 3.78. The van der Waals surface area contributed by atoms with Gasteiger partial charge in [0.1, 0.15) is 29.0 Å². The first kappa shape index (κ1) is 20.6. The van der Waals surface area contributed by atoms with Crippen LogP contribution < -0.4 is 10.7 Å². The molecule has 7 nitrogen and oxygen atoms in total. The Hall–Kier alpha value is -4.26. The van der Waals surface area contributed by atoms with Crippen molar-refractivity contribution in [2.45, 2.75) is 26.8 Å². The first-order valence-corrected chi connectivity index (χ1v) is 10.6. The molecule has 0 fully saturated rings. The van der Waals surface area contributed by atoms with Crippen molar-refractivity contribution in [1.29, 1.82) is 0 Å². The van der Waals surface area contributed by atoms with E-state index < -0.39 is 0 Å². The molecule has 0 radical (unpaired) electrons. The number of nitrogens with one attached hydrogen (secondary N) is 1. The van der Waals surface area contributed by atoms with E-state index in [9.17, 15) is 4.79 Å². The van der Waals surface area contributed by atoms with Crippen LogP contribution in [-0.4, -0.2) is 15.0 Å². The highest BCUT2D eigenvalue weighted by Crippen LogP contribution is 2.33. The van der Waals surface area contributed by atoms with E-state index in [1.54, 1.807) is 31.8 Å². The van der Waals surface area contributed by atoms with E-state index in [-0.39, 0.29) is 11.5 Å². The summed E-state index contributed by atoms with van der Waals surface area (Å²) in [5, 5.41) is 4.07. The van der Waals surface area contributed by atoms with Gasteiger partial charge in [0.15, 0.2) is 11.8 Å². The van der Waals surface area contributed by atoms with Crippen LogP contribution in [-0.2, 0) is 0 Å². The molecule has 5 rings (SSSR count). The molecule has 1 N–H and O–H groups in total. The number of hydrogen-bond acceptors (Lipinski definition) is 7. The SMILES string of the molecule is Cc1cc([C@@H](C)Nc2cccnc2-c2cocn2)c2oc(-c3cccnc3)c(C)c(=O)c2c1. The minimum atomic E-state index is -0.185. The summed E-state index contributed by atoms with van der Waals surface area (Å²) in [5.74, 6) is 0.530. The maximum Gasteiger partial charge on any atom is 0.196 e. The highest BCUT2D eigenvalue weighted by Gasteiger charge is 2.20. The smallest absolute Gasteiger partial charge is 0.196 e. The second kappa shape index (κ2) is 8.35. The first-order valence-electron chi connectivity index (χ1n) is 10.6. The third-order valence-electron chi connectivity index (χ3n) is 5.64. The lowest BCUT2D eigenvalue weighted by Crippen LogP contribution is -2.13. The molecule has 0 spiro atoms. The van der Waals surface area contributed by atoms with Gasteiger partial charge in [0.05, 0.1) is 17.1 Å². The lowest BCUT2D eigenvalue weighted by Gasteiger charge is -2.20. The molecule has 7 heteroatoms. The van der Waals surface area contributed by atoms with Gasteiger partial charge in [0.25, 0.3) is 0 Å². The van der Waals surface area contributed by atoms with Gasteiger partial charge in [-0.05, 0) is 56.7 Å². The van der Waals surface area contributed by atoms with E-state index in [1.807, 2.05) is 50.2 Å². The molecule has 1 aromatic carbocycles. The van der Waals surface area contributed by atoms with Gasteiger partial charge in [-0.15, -0.1) is 0 Å².